The molecule has 1 heterocycles. The van der Waals surface area contributed by atoms with Gasteiger partial charge in [0.1, 0.15) is 24.4 Å². The van der Waals surface area contributed by atoms with Crippen LogP contribution in [0.3, 0.4) is 0 Å². The number of nitrogens with zero attached hydrogens (tertiary/aromatic N) is 2. The molecule has 0 spiro atoms. The molecule has 0 aromatic carbocycles. The zero-order valence-electron chi connectivity index (χ0n) is 15.8. The number of hydrogen-bond donors (Lipinski definition) is 5. The van der Waals surface area contributed by atoms with E-state index in [9.17, 15) is 25.0 Å². The molecule has 0 unspecified atom stereocenters. The fourth-order valence-corrected chi connectivity index (χ4v) is 4.08. The van der Waals surface area contributed by atoms with Crippen LogP contribution in [0.15, 0.2) is 4.42 Å². The highest BCUT2D eigenvalue weighted by atomic mass is 31.2. The third-order valence-corrected chi connectivity index (χ3v) is 5.70. The second-order valence-electron chi connectivity index (χ2n) is 5.87. The summed E-state index contributed by atoms with van der Waals surface area (Å²) in [6.07, 6.45) is -6.64. The molecule has 4 atom stereocenters. The Morgan fingerprint density at radius 2 is 1.63 bits per heavy atom. The first kappa shape index (κ1) is 24.0. The molecule has 0 aliphatic carbocycles. The lowest BCUT2D eigenvalue weighted by Crippen LogP contribution is -2.49. The van der Waals surface area contributed by atoms with E-state index < -0.39 is 38.6 Å². The molecule has 5 N–H and O–H groups in total. The van der Waals surface area contributed by atoms with Gasteiger partial charge in [-0.05, 0) is 13.8 Å². The first-order valence-corrected chi connectivity index (χ1v) is 10.1. The Bertz CT molecular complexity index is 616. The Labute approximate surface area is 157 Å². The van der Waals surface area contributed by atoms with Crippen molar-refractivity contribution in [2.24, 2.45) is 0 Å². The Kier molecular flexibility index (Phi) is 9.32. The minimum atomic E-state index is -3.76. The zero-order chi connectivity index (χ0) is 20.8. The number of aliphatic hydroxyl groups is 5. The molecular weight excluding hydrogens is 383 g/mol. The number of likely N-dealkylation sites (N-methyl/N-ethyl adjacent to an activating group) is 1. The van der Waals surface area contributed by atoms with E-state index in [0.717, 1.165) is 0 Å². The molecule has 11 nitrogen and oxygen atoms in total. The van der Waals surface area contributed by atoms with Crippen molar-refractivity contribution in [3.8, 4) is 0 Å². The van der Waals surface area contributed by atoms with Crippen LogP contribution in [0.5, 0.6) is 0 Å². The van der Waals surface area contributed by atoms with E-state index in [0.29, 0.717) is 0 Å². The predicted octanol–water partition coefficient (Wildman–Crippen LogP) is -1.25. The summed E-state index contributed by atoms with van der Waals surface area (Å²) in [5.41, 5.74) is -0.0659. The fourth-order valence-electron chi connectivity index (χ4n) is 2.37. The van der Waals surface area contributed by atoms with Gasteiger partial charge in [0.2, 0.25) is 11.3 Å². The number of aromatic nitrogens is 1. The highest BCUT2D eigenvalue weighted by Crippen LogP contribution is 2.49. The van der Waals surface area contributed by atoms with Gasteiger partial charge in [-0.1, -0.05) is 0 Å². The monoisotopic (exact) mass is 412 g/mol. The molecule has 0 fully saturated rings. The van der Waals surface area contributed by atoms with E-state index in [4.69, 9.17) is 18.6 Å². The summed E-state index contributed by atoms with van der Waals surface area (Å²) < 4.78 is 29.0. The van der Waals surface area contributed by atoms with Crippen LogP contribution in [0.4, 0.5) is 5.88 Å². The smallest absolute Gasteiger partial charge is 0.385 e. The molecule has 0 saturated carbocycles. The minimum absolute atomic E-state index is 0.0150. The van der Waals surface area contributed by atoms with E-state index in [1.165, 1.54) is 18.9 Å². The molecule has 158 valence electrons. The highest BCUT2D eigenvalue weighted by molar-refractivity contribution is 7.62. The van der Waals surface area contributed by atoms with Crippen molar-refractivity contribution in [3.05, 3.63) is 5.89 Å². The summed E-state index contributed by atoms with van der Waals surface area (Å²) in [5.74, 6) is 0.207. The SMILES string of the molecule is CCOP(=O)(OCC)c1nc(C)oc1N(C)C[C@H](O)[C@H](O)[C@@H](O)[C@@H](O)CO. The second kappa shape index (κ2) is 10.5. The van der Waals surface area contributed by atoms with Crippen molar-refractivity contribution in [2.45, 2.75) is 45.2 Å². The van der Waals surface area contributed by atoms with Gasteiger partial charge in [-0.3, -0.25) is 4.57 Å². The van der Waals surface area contributed by atoms with Crippen molar-refractivity contribution in [2.75, 3.05) is 38.3 Å². The number of oxazole rings is 1. The van der Waals surface area contributed by atoms with E-state index in [2.05, 4.69) is 4.98 Å². The van der Waals surface area contributed by atoms with Crippen molar-refractivity contribution in [1.29, 1.82) is 0 Å². The molecule has 1 rings (SSSR count). The van der Waals surface area contributed by atoms with Gasteiger partial charge in [0.15, 0.2) is 5.89 Å². The third kappa shape index (κ3) is 5.97. The number of rotatable bonds is 12. The number of hydrogen-bond acceptors (Lipinski definition) is 11. The maximum absolute atomic E-state index is 13.0. The Morgan fingerprint density at radius 1 is 1.11 bits per heavy atom. The van der Waals surface area contributed by atoms with Crippen LogP contribution >= 0.6 is 7.60 Å². The van der Waals surface area contributed by atoms with Gasteiger partial charge < -0.3 is 43.9 Å². The lowest BCUT2D eigenvalue weighted by molar-refractivity contribution is -0.112. The summed E-state index contributed by atoms with van der Waals surface area (Å²) in [5, 5.41) is 48.0. The van der Waals surface area contributed by atoms with Crippen LogP contribution in [0, 0.1) is 6.92 Å². The standard InChI is InChI=1S/C15H29N2O9P/c1-5-24-27(23,25-6-2)14-15(26-9(3)16-14)17(4)7-10(19)12(21)13(22)11(20)8-18/h10-13,18-22H,5-8H2,1-4H3/t10-,11-,12-,13-/m0/s1. The maximum Gasteiger partial charge on any atom is 0.385 e. The zero-order valence-corrected chi connectivity index (χ0v) is 16.7. The Morgan fingerprint density at radius 3 is 2.11 bits per heavy atom. The predicted molar refractivity (Wildman–Crippen MR) is 96.1 cm³/mol. The van der Waals surface area contributed by atoms with Crippen LogP contribution in [0.2, 0.25) is 0 Å². The van der Waals surface area contributed by atoms with Crippen molar-refractivity contribution >= 4 is 18.9 Å². The van der Waals surface area contributed by atoms with Crippen molar-refractivity contribution < 1.29 is 43.6 Å². The van der Waals surface area contributed by atoms with Crippen LogP contribution < -0.4 is 10.3 Å². The number of anilines is 1. The normalized spacial score (nSPS) is 16.8. The molecule has 0 aliphatic rings. The van der Waals surface area contributed by atoms with Gasteiger partial charge in [-0.25, -0.2) is 4.98 Å². The largest absolute Gasteiger partial charge is 0.424 e. The molecular formula is C15H29N2O9P. The molecule has 27 heavy (non-hydrogen) atoms. The van der Waals surface area contributed by atoms with E-state index in [1.54, 1.807) is 13.8 Å². The van der Waals surface area contributed by atoms with Crippen molar-refractivity contribution in [3.63, 3.8) is 0 Å². The molecule has 0 radical (unpaired) electrons. The first-order valence-electron chi connectivity index (χ1n) is 8.52. The van der Waals surface area contributed by atoms with Crippen LogP contribution in [0.1, 0.15) is 19.7 Å². The lowest BCUT2D eigenvalue weighted by Gasteiger charge is -2.29. The second-order valence-corrected chi connectivity index (χ2v) is 7.81. The topological polar surface area (TPSA) is 166 Å². The number of aryl methyl sites for hydroxylation is 1. The fraction of sp³-hybridized carbons (Fsp3) is 0.800. The quantitative estimate of drug-likeness (QED) is 0.260. The summed E-state index contributed by atoms with van der Waals surface area (Å²) in [4.78, 5) is 5.41. The van der Waals surface area contributed by atoms with E-state index in [-0.39, 0.29) is 37.0 Å². The van der Waals surface area contributed by atoms with Gasteiger partial charge >= 0.3 is 7.60 Å². The molecule has 0 bridgehead atoms. The molecule has 12 heteroatoms. The van der Waals surface area contributed by atoms with Gasteiger partial charge in [0.25, 0.3) is 0 Å². The molecule has 0 amide bonds. The Balaban J connectivity index is 3.04. The summed E-state index contributed by atoms with van der Waals surface area (Å²) in [6.45, 7) is 4.01. The van der Waals surface area contributed by atoms with Crippen LogP contribution in [0.25, 0.3) is 0 Å². The van der Waals surface area contributed by atoms with Crippen molar-refractivity contribution in [1.82, 2.24) is 4.98 Å². The lowest BCUT2D eigenvalue weighted by atomic mass is 10.0. The highest BCUT2D eigenvalue weighted by Gasteiger charge is 2.38. The third-order valence-electron chi connectivity index (χ3n) is 3.69. The van der Waals surface area contributed by atoms with Crippen LogP contribution in [-0.2, 0) is 13.6 Å². The van der Waals surface area contributed by atoms with Gasteiger partial charge in [-0.2, -0.15) is 0 Å². The molecule has 1 aromatic rings. The number of aliphatic hydroxyl groups excluding tert-OH is 5. The van der Waals surface area contributed by atoms with Gasteiger partial charge in [0, 0.05) is 20.5 Å². The first-order chi connectivity index (χ1) is 12.6. The molecule has 1 aromatic heterocycles. The maximum atomic E-state index is 13.0. The summed E-state index contributed by atoms with van der Waals surface area (Å²) in [6, 6.07) is 0. The van der Waals surface area contributed by atoms with Gasteiger partial charge in [0.05, 0.1) is 19.8 Å². The van der Waals surface area contributed by atoms with E-state index in [1.807, 2.05) is 0 Å². The Hall–Kier alpha value is -1.04. The summed E-state index contributed by atoms with van der Waals surface area (Å²) in [7, 11) is -2.28. The molecule has 0 aliphatic heterocycles. The van der Waals surface area contributed by atoms with Crippen LogP contribution in [-0.4, -0.2) is 88.3 Å². The van der Waals surface area contributed by atoms with E-state index >= 15 is 0 Å². The van der Waals surface area contributed by atoms with Gasteiger partial charge in [-0.15, -0.1) is 0 Å². The average molecular weight is 412 g/mol. The summed E-state index contributed by atoms with van der Waals surface area (Å²) >= 11 is 0. The molecule has 0 saturated heterocycles. The average Bonchev–Trinajstić information content (AvgIpc) is 3.02. The minimum Gasteiger partial charge on any atom is -0.424 e.